The lowest BCUT2D eigenvalue weighted by atomic mass is 10.1. The Morgan fingerprint density at radius 1 is 0.944 bits per heavy atom. The number of esters is 2. The van der Waals surface area contributed by atoms with Crippen LogP contribution in [-0.4, -0.2) is 30.3 Å². The largest absolute Gasteiger partial charge is 0.464 e. The topological polar surface area (TPSA) is 132 Å². The minimum absolute atomic E-state index is 0.0722. The van der Waals surface area contributed by atoms with E-state index in [-0.39, 0.29) is 12.4 Å². The molecular formula is C28H27N3O5. The molecule has 0 unspecified atom stereocenters. The molecule has 4 N–H and O–H groups in total. The zero-order valence-corrected chi connectivity index (χ0v) is 20.0. The summed E-state index contributed by atoms with van der Waals surface area (Å²) >= 11 is 0. The Morgan fingerprint density at radius 2 is 1.56 bits per heavy atom. The maximum Gasteiger partial charge on any atom is 0.343 e. The predicted octanol–water partition coefficient (Wildman–Crippen LogP) is 4.01. The number of carbonyl (C=O) groups is 3. The molecule has 3 aromatic carbocycles. The number of hydrogen-bond donors (Lipinski definition) is 3. The average Bonchev–Trinajstić information content (AvgIpc) is 2.88. The van der Waals surface area contributed by atoms with Gasteiger partial charge in [0.2, 0.25) is 5.91 Å². The second kappa shape index (κ2) is 12.1. The van der Waals surface area contributed by atoms with Crippen molar-refractivity contribution in [1.29, 1.82) is 5.41 Å². The van der Waals surface area contributed by atoms with Crippen LogP contribution in [0.3, 0.4) is 0 Å². The molecule has 3 aromatic rings. The molecule has 0 aromatic heterocycles. The van der Waals surface area contributed by atoms with E-state index in [2.05, 4.69) is 5.32 Å². The molecule has 0 aliphatic rings. The molecule has 1 amide bonds. The van der Waals surface area contributed by atoms with Crippen molar-refractivity contribution in [3.63, 3.8) is 0 Å². The first-order valence-electron chi connectivity index (χ1n) is 11.3. The van der Waals surface area contributed by atoms with Gasteiger partial charge in [0.05, 0.1) is 12.2 Å². The van der Waals surface area contributed by atoms with E-state index in [0.29, 0.717) is 33.6 Å². The lowest BCUT2D eigenvalue weighted by Crippen LogP contribution is -2.35. The SMILES string of the molecule is CCOC(=O)[C@H](NC(=O)/C(C)=C/c1ccc(C(=O)Oc2ccc(C(=N)N)cc2)cc1)c1ccccc1. The predicted molar refractivity (Wildman–Crippen MR) is 136 cm³/mol. The number of hydrogen-bond acceptors (Lipinski definition) is 6. The highest BCUT2D eigenvalue weighted by Gasteiger charge is 2.24. The number of amidine groups is 1. The highest BCUT2D eigenvalue weighted by atomic mass is 16.5. The molecule has 0 aliphatic carbocycles. The molecule has 3 rings (SSSR count). The molecule has 0 bridgehead atoms. The fourth-order valence-corrected chi connectivity index (χ4v) is 3.29. The number of nitrogens with one attached hydrogen (secondary N) is 2. The number of amides is 1. The van der Waals surface area contributed by atoms with Crippen molar-refractivity contribution in [2.24, 2.45) is 5.73 Å². The fourth-order valence-electron chi connectivity index (χ4n) is 3.29. The van der Waals surface area contributed by atoms with Crippen molar-refractivity contribution in [2.45, 2.75) is 19.9 Å². The van der Waals surface area contributed by atoms with Crippen LogP contribution in [0.15, 0.2) is 84.4 Å². The summed E-state index contributed by atoms with van der Waals surface area (Å²) in [5.41, 5.74) is 7.97. The number of rotatable bonds is 9. The van der Waals surface area contributed by atoms with Crippen molar-refractivity contribution in [3.05, 3.63) is 107 Å². The molecule has 0 radical (unpaired) electrons. The minimum atomic E-state index is -0.927. The van der Waals surface area contributed by atoms with E-state index in [9.17, 15) is 14.4 Å². The van der Waals surface area contributed by atoms with Crippen molar-refractivity contribution < 1.29 is 23.9 Å². The molecule has 0 aliphatic heterocycles. The van der Waals surface area contributed by atoms with Crippen molar-refractivity contribution in [2.75, 3.05) is 6.61 Å². The Balaban J connectivity index is 1.67. The Hall–Kier alpha value is -4.72. The van der Waals surface area contributed by atoms with Crippen molar-refractivity contribution >= 4 is 29.8 Å². The van der Waals surface area contributed by atoms with Crippen LogP contribution in [0.5, 0.6) is 5.75 Å². The minimum Gasteiger partial charge on any atom is -0.464 e. The summed E-state index contributed by atoms with van der Waals surface area (Å²) in [5, 5.41) is 10.1. The second-order valence-electron chi connectivity index (χ2n) is 7.85. The zero-order valence-electron chi connectivity index (χ0n) is 20.0. The van der Waals surface area contributed by atoms with Crippen LogP contribution in [0.1, 0.15) is 46.9 Å². The number of nitrogen functional groups attached to an aromatic ring is 1. The molecule has 8 heteroatoms. The summed E-state index contributed by atoms with van der Waals surface area (Å²) in [6.45, 7) is 3.54. The molecule has 0 spiro atoms. The molecule has 36 heavy (non-hydrogen) atoms. The van der Waals surface area contributed by atoms with Crippen LogP contribution in [0.25, 0.3) is 6.08 Å². The van der Waals surface area contributed by atoms with Crippen molar-refractivity contribution in [3.8, 4) is 5.75 Å². The summed E-state index contributed by atoms with van der Waals surface area (Å²) in [5.74, 6) is -1.25. The van der Waals surface area contributed by atoms with Gasteiger partial charge in [-0.2, -0.15) is 0 Å². The van der Waals surface area contributed by atoms with Gasteiger partial charge in [-0.3, -0.25) is 10.2 Å². The maximum absolute atomic E-state index is 12.8. The van der Waals surface area contributed by atoms with Gasteiger partial charge in [0, 0.05) is 11.1 Å². The molecule has 8 nitrogen and oxygen atoms in total. The van der Waals surface area contributed by atoms with Gasteiger partial charge in [-0.1, -0.05) is 42.5 Å². The van der Waals surface area contributed by atoms with Gasteiger partial charge in [0.25, 0.3) is 0 Å². The summed E-state index contributed by atoms with van der Waals surface area (Å²) in [7, 11) is 0. The highest BCUT2D eigenvalue weighted by molar-refractivity contribution is 5.99. The Bertz CT molecular complexity index is 1270. The lowest BCUT2D eigenvalue weighted by molar-refractivity contribution is -0.147. The van der Waals surface area contributed by atoms with E-state index in [1.165, 1.54) is 0 Å². The first-order valence-corrected chi connectivity index (χ1v) is 11.3. The van der Waals surface area contributed by atoms with E-state index in [0.717, 1.165) is 0 Å². The third-order valence-electron chi connectivity index (χ3n) is 5.19. The number of nitrogens with two attached hydrogens (primary N) is 1. The number of benzene rings is 3. The van der Waals surface area contributed by atoms with E-state index in [4.69, 9.17) is 20.6 Å². The Morgan fingerprint density at radius 3 is 2.14 bits per heavy atom. The first-order chi connectivity index (χ1) is 17.3. The van der Waals surface area contributed by atoms with Crippen LogP contribution in [0.4, 0.5) is 0 Å². The van der Waals surface area contributed by atoms with E-state index in [1.54, 1.807) is 92.7 Å². The maximum atomic E-state index is 12.8. The quantitative estimate of drug-likeness (QED) is 0.138. The summed E-state index contributed by atoms with van der Waals surface area (Å²) in [6.07, 6.45) is 1.65. The summed E-state index contributed by atoms with van der Waals surface area (Å²) in [6, 6.07) is 20.8. The molecular weight excluding hydrogens is 458 g/mol. The average molecular weight is 486 g/mol. The van der Waals surface area contributed by atoms with Gasteiger partial charge < -0.3 is 20.5 Å². The number of ether oxygens (including phenoxy) is 2. The highest BCUT2D eigenvalue weighted by Crippen LogP contribution is 2.18. The smallest absolute Gasteiger partial charge is 0.343 e. The van der Waals surface area contributed by atoms with Crippen LogP contribution in [0, 0.1) is 5.41 Å². The second-order valence-corrected chi connectivity index (χ2v) is 7.85. The van der Waals surface area contributed by atoms with E-state index < -0.39 is 23.9 Å². The van der Waals surface area contributed by atoms with Gasteiger partial charge in [-0.25, -0.2) is 9.59 Å². The Labute approximate surface area is 209 Å². The fraction of sp³-hybridized carbons (Fsp3) is 0.143. The summed E-state index contributed by atoms with van der Waals surface area (Å²) in [4.78, 5) is 37.7. The Kier molecular flexibility index (Phi) is 8.72. The van der Waals surface area contributed by atoms with Crippen LogP contribution < -0.4 is 15.8 Å². The third kappa shape index (κ3) is 6.89. The van der Waals surface area contributed by atoms with Gasteiger partial charge >= 0.3 is 11.9 Å². The molecule has 184 valence electrons. The molecule has 1 atom stereocenters. The van der Waals surface area contributed by atoms with Gasteiger partial charge in [0.1, 0.15) is 11.6 Å². The first kappa shape index (κ1) is 25.9. The molecule has 0 heterocycles. The van der Waals surface area contributed by atoms with Crippen LogP contribution in [-0.2, 0) is 14.3 Å². The normalized spacial score (nSPS) is 11.8. The zero-order chi connectivity index (χ0) is 26.1. The van der Waals surface area contributed by atoms with Crippen LogP contribution in [0.2, 0.25) is 0 Å². The molecule has 0 saturated carbocycles. The lowest BCUT2D eigenvalue weighted by Gasteiger charge is -2.18. The molecule has 0 fully saturated rings. The van der Waals surface area contributed by atoms with E-state index >= 15 is 0 Å². The monoisotopic (exact) mass is 485 g/mol. The van der Waals surface area contributed by atoms with Gasteiger partial charge in [-0.05, 0) is 67.4 Å². The molecule has 0 saturated heterocycles. The van der Waals surface area contributed by atoms with Gasteiger partial charge in [-0.15, -0.1) is 0 Å². The number of carbonyl (C=O) groups excluding carboxylic acids is 3. The summed E-state index contributed by atoms with van der Waals surface area (Å²) < 4.78 is 10.5. The van der Waals surface area contributed by atoms with Gasteiger partial charge in [0.15, 0.2) is 6.04 Å². The third-order valence-corrected chi connectivity index (χ3v) is 5.19. The standard InChI is InChI=1S/C28H27N3O5/c1-3-35-28(34)24(20-7-5-4-6-8-20)31-26(32)18(2)17-19-9-11-22(12-10-19)27(33)36-23-15-13-21(14-16-23)25(29)30/h4-17,24H,3H2,1-2H3,(H3,29,30)(H,31,32)/b18-17+/t24-/m1/s1. The van der Waals surface area contributed by atoms with Crippen LogP contribution >= 0.6 is 0 Å². The van der Waals surface area contributed by atoms with Crippen molar-refractivity contribution in [1.82, 2.24) is 5.32 Å². The van der Waals surface area contributed by atoms with E-state index in [1.807, 2.05) is 6.07 Å².